The van der Waals surface area contributed by atoms with E-state index in [1.165, 1.54) is 5.56 Å². The van der Waals surface area contributed by atoms with E-state index in [0.29, 0.717) is 16.9 Å². The summed E-state index contributed by atoms with van der Waals surface area (Å²) in [6.07, 6.45) is 5.47. The fraction of sp³-hybridized carbons (Fsp3) is 0.333. The Balaban J connectivity index is 1.46. The van der Waals surface area contributed by atoms with Gasteiger partial charge >= 0.3 is 5.69 Å². The zero-order valence-corrected chi connectivity index (χ0v) is 18.6. The van der Waals surface area contributed by atoms with Gasteiger partial charge in [-0.05, 0) is 30.5 Å². The largest absolute Gasteiger partial charge is 0.493 e. The van der Waals surface area contributed by atoms with Gasteiger partial charge in [0.15, 0.2) is 11.1 Å². The maximum Gasteiger partial charge on any atom is 0.326 e. The Bertz CT molecular complexity index is 1520. The first-order chi connectivity index (χ1) is 16.6. The molecule has 0 unspecified atom stereocenters. The van der Waals surface area contributed by atoms with Gasteiger partial charge in [-0.1, -0.05) is 18.2 Å². The van der Waals surface area contributed by atoms with E-state index in [9.17, 15) is 9.90 Å². The predicted octanol–water partition coefficient (Wildman–Crippen LogP) is 0.561. The molecule has 1 aliphatic heterocycles. The first kappa shape index (κ1) is 20.8. The number of hydrogen-bond acceptors (Lipinski definition) is 7. The van der Waals surface area contributed by atoms with Gasteiger partial charge in [0.1, 0.15) is 5.69 Å². The number of benzene rings is 1. The van der Waals surface area contributed by atoms with Crippen molar-refractivity contribution in [2.45, 2.75) is 25.4 Å². The second-order valence-electron chi connectivity index (χ2n) is 8.77. The number of aromatic hydroxyl groups is 1. The lowest BCUT2D eigenvalue weighted by Crippen LogP contribution is -2.35. The molecule has 1 saturated heterocycles. The zero-order valence-electron chi connectivity index (χ0n) is 18.6. The van der Waals surface area contributed by atoms with Crippen molar-refractivity contribution in [2.75, 3.05) is 26.3 Å². The highest BCUT2D eigenvalue weighted by Gasteiger charge is 2.20. The van der Waals surface area contributed by atoms with E-state index in [-0.39, 0.29) is 11.6 Å². The van der Waals surface area contributed by atoms with Gasteiger partial charge in [0.2, 0.25) is 5.88 Å². The van der Waals surface area contributed by atoms with Crippen LogP contribution in [0.1, 0.15) is 24.1 Å². The van der Waals surface area contributed by atoms with Crippen molar-refractivity contribution in [3.63, 3.8) is 0 Å². The molecular weight excluding hydrogens is 434 g/mol. The highest BCUT2D eigenvalue weighted by atomic mass is 16.5. The minimum atomic E-state index is -0.477. The Kier molecular flexibility index (Phi) is 5.23. The molecule has 34 heavy (non-hydrogen) atoms. The lowest BCUT2D eigenvalue weighted by Gasteiger charge is -2.26. The average molecular weight is 460 g/mol. The van der Waals surface area contributed by atoms with Gasteiger partial charge in [0, 0.05) is 36.5 Å². The average Bonchev–Trinajstić information content (AvgIpc) is 3.48. The van der Waals surface area contributed by atoms with E-state index in [2.05, 4.69) is 44.2 Å². The van der Waals surface area contributed by atoms with Crippen LogP contribution >= 0.6 is 0 Å². The van der Waals surface area contributed by atoms with Gasteiger partial charge in [0.25, 0.3) is 0 Å². The Labute approximate surface area is 194 Å². The monoisotopic (exact) mass is 459 g/mol. The van der Waals surface area contributed by atoms with Crippen molar-refractivity contribution >= 4 is 11.7 Å². The number of fused-ring (bicyclic) bond motifs is 1. The van der Waals surface area contributed by atoms with Crippen LogP contribution in [0.25, 0.3) is 23.0 Å². The molecule has 6 rings (SSSR count). The molecule has 1 aliphatic carbocycles. The molecule has 10 heteroatoms. The summed E-state index contributed by atoms with van der Waals surface area (Å²) in [6, 6.07) is 10.7. The van der Waals surface area contributed by atoms with E-state index in [0.717, 1.165) is 62.4 Å². The molecule has 10 nitrogen and oxygen atoms in total. The van der Waals surface area contributed by atoms with Gasteiger partial charge < -0.3 is 14.8 Å². The first-order valence-electron chi connectivity index (χ1n) is 11.5. The minimum Gasteiger partial charge on any atom is -0.493 e. The van der Waals surface area contributed by atoms with Gasteiger partial charge in [-0.15, -0.1) is 0 Å². The first-order valence-corrected chi connectivity index (χ1v) is 11.5. The summed E-state index contributed by atoms with van der Waals surface area (Å²) < 4.78 is 7.18. The van der Waals surface area contributed by atoms with Crippen LogP contribution in [0.4, 0.5) is 0 Å². The number of ether oxygens (including phenoxy) is 1. The molecule has 0 amide bonds. The summed E-state index contributed by atoms with van der Waals surface area (Å²) in [4.78, 5) is 28.6. The van der Waals surface area contributed by atoms with Crippen LogP contribution in [0.5, 0.6) is 5.88 Å². The van der Waals surface area contributed by atoms with Crippen LogP contribution in [0.3, 0.4) is 0 Å². The summed E-state index contributed by atoms with van der Waals surface area (Å²) in [5, 5.41) is 15.1. The maximum absolute atomic E-state index is 11.5. The van der Waals surface area contributed by atoms with E-state index >= 15 is 0 Å². The summed E-state index contributed by atoms with van der Waals surface area (Å²) in [5.41, 5.74) is 4.18. The fourth-order valence-corrected chi connectivity index (χ4v) is 4.19. The van der Waals surface area contributed by atoms with E-state index in [1.807, 2.05) is 6.07 Å². The minimum absolute atomic E-state index is 0.223. The van der Waals surface area contributed by atoms with E-state index < -0.39 is 5.69 Å². The highest BCUT2D eigenvalue weighted by molar-refractivity contribution is 5.64. The molecule has 4 aromatic rings. The van der Waals surface area contributed by atoms with Gasteiger partial charge in [-0.25, -0.2) is 9.78 Å². The number of nitrogens with one attached hydrogen (secondary N) is 2. The van der Waals surface area contributed by atoms with Crippen LogP contribution in [0.15, 0.2) is 46.3 Å². The van der Waals surface area contributed by atoms with E-state index in [1.54, 1.807) is 16.8 Å². The van der Waals surface area contributed by atoms with Crippen LogP contribution in [0, 0.1) is 0 Å². The second-order valence-corrected chi connectivity index (χ2v) is 8.77. The lowest BCUT2D eigenvalue weighted by molar-refractivity contribution is 0.0342. The SMILES string of the molecule is O=c1[nH]c(O)c(/C=c2\cnn3c(=NC4CC4)cc(-c4cccc(CN5CCOCC5)c4)nc23)[nH]1. The third-order valence-corrected chi connectivity index (χ3v) is 6.11. The Morgan fingerprint density at radius 1 is 1.21 bits per heavy atom. The zero-order chi connectivity index (χ0) is 23.1. The molecule has 2 fully saturated rings. The third kappa shape index (κ3) is 4.25. The number of aromatic amines is 2. The van der Waals surface area contributed by atoms with E-state index in [4.69, 9.17) is 14.7 Å². The molecule has 0 radical (unpaired) electrons. The Morgan fingerprint density at radius 3 is 2.82 bits per heavy atom. The van der Waals surface area contributed by atoms with Crippen molar-refractivity contribution in [1.29, 1.82) is 0 Å². The smallest absolute Gasteiger partial charge is 0.326 e. The summed E-state index contributed by atoms with van der Waals surface area (Å²) in [5.74, 6) is -0.223. The number of hydrogen-bond donors (Lipinski definition) is 3. The number of nitrogens with zero attached hydrogens (tertiary/aromatic N) is 5. The molecule has 2 aliphatic rings. The highest BCUT2D eigenvalue weighted by Crippen LogP contribution is 2.23. The second kappa shape index (κ2) is 8.54. The predicted molar refractivity (Wildman–Crippen MR) is 125 cm³/mol. The molecule has 1 saturated carbocycles. The molecule has 0 atom stereocenters. The quantitative estimate of drug-likeness (QED) is 0.401. The molecule has 0 bridgehead atoms. The maximum atomic E-state index is 11.5. The summed E-state index contributed by atoms with van der Waals surface area (Å²) >= 11 is 0. The Hall–Kier alpha value is -3.76. The van der Waals surface area contributed by atoms with Crippen molar-refractivity contribution in [3.05, 3.63) is 69.0 Å². The normalized spacial score (nSPS) is 18.2. The topological polar surface area (TPSA) is 124 Å². The molecule has 0 spiro atoms. The molecular formula is C24H25N7O3. The van der Waals surface area contributed by atoms with Gasteiger partial charge in [-0.2, -0.15) is 9.61 Å². The molecule has 4 heterocycles. The van der Waals surface area contributed by atoms with Crippen LogP contribution in [0.2, 0.25) is 0 Å². The number of imidazole rings is 1. The van der Waals surface area contributed by atoms with Crippen molar-refractivity contribution in [3.8, 4) is 17.1 Å². The fourth-order valence-electron chi connectivity index (χ4n) is 4.19. The van der Waals surface area contributed by atoms with Gasteiger partial charge in [0.05, 0.1) is 31.1 Å². The number of aromatic nitrogens is 5. The number of H-pyrrole nitrogens is 2. The molecule has 3 aromatic heterocycles. The van der Waals surface area contributed by atoms with Crippen molar-refractivity contribution in [1.82, 2.24) is 29.5 Å². The van der Waals surface area contributed by atoms with Crippen molar-refractivity contribution < 1.29 is 9.84 Å². The third-order valence-electron chi connectivity index (χ3n) is 6.11. The number of morpholine rings is 1. The van der Waals surface area contributed by atoms with Crippen molar-refractivity contribution in [2.24, 2.45) is 4.99 Å². The molecule has 1 aromatic carbocycles. The summed E-state index contributed by atoms with van der Waals surface area (Å²) in [7, 11) is 0. The standard InChI is InChI=1S/C24H25N7O3/c32-23-20(28-24(33)29-23)11-17-13-25-31-21(26-18-4-5-18)12-19(27-22(17)31)16-3-1-2-15(10-16)14-30-6-8-34-9-7-30/h1-3,10-13,18,32H,4-9,14H2,(H2,28,29,33)/b17-11+,26-21?. The lowest BCUT2D eigenvalue weighted by atomic mass is 10.1. The molecule has 174 valence electrons. The number of rotatable bonds is 5. The van der Waals surface area contributed by atoms with Crippen LogP contribution < -0.4 is 16.4 Å². The Morgan fingerprint density at radius 2 is 2.06 bits per heavy atom. The van der Waals surface area contributed by atoms with Gasteiger partial charge in [-0.3, -0.25) is 14.9 Å². The molecule has 3 N–H and O–H groups in total. The van der Waals surface area contributed by atoms with Crippen LogP contribution in [-0.4, -0.2) is 66.9 Å². The van der Waals surface area contributed by atoms with Crippen LogP contribution in [-0.2, 0) is 11.3 Å². The summed E-state index contributed by atoms with van der Waals surface area (Å²) in [6.45, 7) is 4.27.